The molecule has 7 nitrogen and oxygen atoms in total. The standard InChI is InChI=1S/C23H26O7S2/c1-14-6-12-20(13-7-14)32(27,28)23(31-5)21(15(2)29-16(3)24)22(26)18-8-10-19(11-9-18)30-17(4)25/h6-13,15,21,23H,1-5H3/t15-,21-,23?/m1/s1. The summed E-state index contributed by atoms with van der Waals surface area (Å²) in [6.07, 6.45) is 0.604. The van der Waals surface area contributed by atoms with Crippen LogP contribution in [0.2, 0.25) is 0 Å². The molecule has 0 bridgehead atoms. The summed E-state index contributed by atoms with van der Waals surface area (Å²) in [5.74, 6) is -2.53. The fourth-order valence-corrected chi connectivity index (χ4v) is 6.77. The van der Waals surface area contributed by atoms with Crippen molar-refractivity contribution in [3.05, 3.63) is 59.7 Å². The predicted molar refractivity (Wildman–Crippen MR) is 122 cm³/mol. The first-order valence-corrected chi connectivity index (χ1v) is 12.6. The number of esters is 2. The summed E-state index contributed by atoms with van der Waals surface area (Å²) < 4.78 is 35.9. The van der Waals surface area contributed by atoms with Crippen molar-refractivity contribution in [1.29, 1.82) is 0 Å². The van der Waals surface area contributed by atoms with Crippen LogP contribution in [-0.2, 0) is 24.2 Å². The van der Waals surface area contributed by atoms with E-state index < -0.39 is 44.2 Å². The van der Waals surface area contributed by atoms with Gasteiger partial charge in [-0.2, -0.15) is 0 Å². The zero-order valence-electron chi connectivity index (χ0n) is 18.5. The third kappa shape index (κ3) is 6.20. The summed E-state index contributed by atoms with van der Waals surface area (Å²) in [5.41, 5.74) is 1.11. The number of rotatable bonds is 9. The highest BCUT2D eigenvalue weighted by Gasteiger charge is 2.43. The van der Waals surface area contributed by atoms with E-state index in [1.807, 2.05) is 6.92 Å². The minimum absolute atomic E-state index is 0.0838. The minimum Gasteiger partial charge on any atom is -0.462 e. The Morgan fingerprint density at radius 1 is 0.906 bits per heavy atom. The van der Waals surface area contributed by atoms with E-state index in [0.29, 0.717) is 0 Å². The van der Waals surface area contributed by atoms with Gasteiger partial charge in [0.1, 0.15) is 16.4 Å². The molecule has 0 fully saturated rings. The molecule has 2 aromatic rings. The lowest BCUT2D eigenvalue weighted by Crippen LogP contribution is -2.41. The number of carbonyl (C=O) groups excluding carboxylic acids is 3. The number of benzene rings is 2. The molecular weight excluding hydrogens is 452 g/mol. The quantitative estimate of drug-likeness (QED) is 0.304. The zero-order valence-corrected chi connectivity index (χ0v) is 20.2. The Kier molecular flexibility index (Phi) is 8.63. The fourth-order valence-electron chi connectivity index (χ4n) is 3.27. The van der Waals surface area contributed by atoms with Crippen LogP contribution in [0.5, 0.6) is 5.75 Å². The van der Waals surface area contributed by atoms with Crippen LogP contribution in [0, 0.1) is 12.8 Å². The largest absolute Gasteiger partial charge is 0.462 e. The summed E-state index contributed by atoms with van der Waals surface area (Å²) in [5, 5.41) is 0. The highest BCUT2D eigenvalue weighted by atomic mass is 32.3. The second-order valence-corrected chi connectivity index (χ2v) is 10.6. The lowest BCUT2D eigenvalue weighted by molar-refractivity contribution is -0.146. The lowest BCUT2D eigenvalue weighted by atomic mass is 9.94. The van der Waals surface area contributed by atoms with E-state index in [2.05, 4.69) is 0 Å². The van der Waals surface area contributed by atoms with E-state index in [1.54, 1.807) is 18.4 Å². The number of thioether (sulfide) groups is 1. The molecule has 0 saturated carbocycles. The molecule has 172 valence electrons. The molecule has 2 aromatic carbocycles. The topological polar surface area (TPSA) is 104 Å². The maximum Gasteiger partial charge on any atom is 0.308 e. The van der Waals surface area contributed by atoms with Gasteiger partial charge in [-0.3, -0.25) is 14.4 Å². The molecule has 3 atom stereocenters. The van der Waals surface area contributed by atoms with Gasteiger partial charge in [-0.25, -0.2) is 8.42 Å². The Bertz CT molecular complexity index is 1070. The van der Waals surface area contributed by atoms with E-state index in [-0.39, 0.29) is 16.2 Å². The Morgan fingerprint density at radius 3 is 1.94 bits per heavy atom. The molecule has 0 N–H and O–H groups in total. The van der Waals surface area contributed by atoms with Gasteiger partial charge < -0.3 is 9.47 Å². The molecule has 0 aromatic heterocycles. The van der Waals surface area contributed by atoms with Crippen molar-refractivity contribution < 1.29 is 32.3 Å². The van der Waals surface area contributed by atoms with Crippen molar-refractivity contribution >= 4 is 39.3 Å². The number of ether oxygens (including phenoxy) is 2. The lowest BCUT2D eigenvalue weighted by Gasteiger charge is -2.29. The average Bonchev–Trinajstić information content (AvgIpc) is 2.71. The van der Waals surface area contributed by atoms with Gasteiger partial charge in [0.15, 0.2) is 15.6 Å². The van der Waals surface area contributed by atoms with Crippen LogP contribution in [0.25, 0.3) is 0 Å². The van der Waals surface area contributed by atoms with Crippen LogP contribution in [-0.4, -0.2) is 43.1 Å². The Balaban J connectivity index is 2.50. The Labute approximate surface area is 192 Å². The molecule has 0 aliphatic heterocycles. The second kappa shape index (κ2) is 10.8. The minimum atomic E-state index is -3.94. The van der Waals surface area contributed by atoms with E-state index in [4.69, 9.17) is 9.47 Å². The van der Waals surface area contributed by atoms with Gasteiger partial charge in [-0.05, 0) is 56.5 Å². The van der Waals surface area contributed by atoms with Crippen LogP contribution >= 0.6 is 11.8 Å². The van der Waals surface area contributed by atoms with E-state index >= 15 is 0 Å². The Hall–Kier alpha value is -2.65. The normalized spacial score (nSPS) is 14.2. The number of hydrogen-bond donors (Lipinski definition) is 0. The SMILES string of the molecule is CSC([C@@H](C(=O)c1ccc(OC(C)=O)cc1)[C@@H](C)OC(C)=O)S(=O)(=O)c1ccc(C)cc1. The van der Waals surface area contributed by atoms with Crippen molar-refractivity contribution in [3.63, 3.8) is 0 Å². The molecule has 2 rings (SSSR count). The van der Waals surface area contributed by atoms with E-state index in [9.17, 15) is 22.8 Å². The summed E-state index contributed by atoms with van der Waals surface area (Å²) in [4.78, 5) is 36.3. The summed E-state index contributed by atoms with van der Waals surface area (Å²) >= 11 is 1.00. The molecular formula is C23H26O7S2. The first-order chi connectivity index (χ1) is 15.0. The van der Waals surface area contributed by atoms with Crippen LogP contribution in [0.4, 0.5) is 0 Å². The molecule has 32 heavy (non-hydrogen) atoms. The summed E-state index contributed by atoms with van der Waals surface area (Å²) in [6.45, 7) is 5.81. The summed E-state index contributed by atoms with van der Waals surface area (Å²) in [7, 11) is -3.94. The third-order valence-corrected chi connectivity index (χ3v) is 8.67. The average molecular weight is 479 g/mol. The fraction of sp³-hybridized carbons (Fsp3) is 0.348. The molecule has 0 saturated heterocycles. The molecule has 0 amide bonds. The van der Waals surface area contributed by atoms with Crippen LogP contribution in [0.15, 0.2) is 53.4 Å². The van der Waals surface area contributed by atoms with Gasteiger partial charge in [0.05, 0.1) is 10.8 Å². The van der Waals surface area contributed by atoms with Gasteiger partial charge in [0.25, 0.3) is 0 Å². The molecule has 1 unspecified atom stereocenters. The molecule has 0 spiro atoms. The molecule has 0 heterocycles. The molecule has 0 aliphatic rings. The maximum absolute atomic E-state index is 13.5. The van der Waals surface area contributed by atoms with E-state index in [0.717, 1.165) is 17.3 Å². The number of ketones is 1. The zero-order chi connectivity index (χ0) is 24.1. The monoisotopic (exact) mass is 478 g/mol. The third-order valence-electron chi connectivity index (χ3n) is 4.74. The van der Waals surface area contributed by atoms with Crippen LogP contribution in [0.1, 0.15) is 36.7 Å². The van der Waals surface area contributed by atoms with Crippen molar-refractivity contribution in [1.82, 2.24) is 0 Å². The maximum atomic E-state index is 13.5. The first kappa shape index (κ1) is 25.6. The second-order valence-electron chi connectivity index (χ2n) is 7.28. The van der Waals surface area contributed by atoms with Crippen LogP contribution in [0.3, 0.4) is 0 Å². The van der Waals surface area contributed by atoms with Crippen LogP contribution < -0.4 is 4.74 Å². The van der Waals surface area contributed by atoms with Crippen molar-refractivity contribution in [2.45, 2.75) is 43.3 Å². The number of aryl methyl sites for hydroxylation is 1. The van der Waals surface area contributed by atoms with Gasteiger partial charge in [-0.15, -0.1) is 11.8 Å². The molecule has 0 aliphatic carbocycles. The van der Waals surface area contributed by atoms with Crippen molar-refractivity contribution in [2.75, 3.05) is 6.26 Å². The number of sulfone groups is 1. The van der Waals surface area contributed by atoms with Gasteiger partial charge in [0, 0.05) is 19.4 Å². The highest BCUT2D eigenvalue weighted by molar-refractivity contribution is 8.13. The number of Topliss-reactive ketones (excluding diaryl/α,β-unsaturated/α-hetero) is 1. The smallest absolute Gasteiger partial charge is 0.308 e. The van der Waals surface area contributed by atoms with E-state index in [1.165, 1.54) is 57.2 Å². The number of carbonyl (C=O) groups is 3. The van der Waals surface area contributed by atoms with Crippen molar-refractivity contribution in [2.24, 2.45) is 5.92 Å². The molecule has 9 heteroatoms. The first-order valence-electron chi connectivity index (χ1n) is 9.80. The van der Waals surface area contributed by atoms with Gasteiger partial charge in [0.2, 0.25) is 0 Å². The summed E-state index contributed by atoms with van der Waals surface area (Å²) in [6, 6.07) is 12.2. The predicted octanol–water partition coefficient (Wildman–Crippen LogP) is 3.83. The Morgan fingerprint density at radius 2 is 1.47 bits per heavy atom. The number of hydrogen-bond acceptors (Lipinski definition) is 8. The van der Waals surface area contributed by atoms with Crippen molar-refractivity contribution in [3.8, 4) is 5.75 Å². The molecule has 0 radical (unpaired) electrons. The van der Waals surface area contributed by atoms with Gasteiger partial charge >= 0.3 is 11.9 Å². The highest BCUT2D eigenvalue weighted by Crippen LogP contribution is 2.34. The van der Waals surface area contributed by atoms with Gasteiger partial charge in [-0.1, -0.05) is 17.7 Å².